The summed E-state index contributed by atoms with van der Waals surface area (Å²) >= 11 is 0. The Morgan fingerprint density at radius 2 is 1.73 bits per heavy atom. The summed E-state index contributed by atoms with van der Waals surface area (Å²) in [5, 5.41) is 6.07. The fourth-order valence-electron chi connectivity index (χ4n) is 3.22. The van der Waals surface area contributed by atoms with E-state index in [0.717, 1.165) is 22.9 Å². The predicted octanol–water partition coefficient (Wildman–Crippen LogP) is 1.58. The van der Waals surface area contributed by atoms with Crippen LogP contribution in [0, 0.1) is 13.8 Å². The van der Waals surface area contributed by atoms with Gasteiger partial charge in [-0.05, 0) is 31.5 Å². The average Bonchev–Trinajstić information content (AvgIpc) is 3.07. The third-order valence-corrected chi connectivity index (χ3v) is 4.40. The number of aryl methyl sites for hydroxylation is 2. The lowest BCUT2D eigenvalue weighted by atomic mass is 10.0. The van der Waals surface area contributed by atoms with Crippen LogP contribution in [0.25, 0.3) is 16.8 Å². The summed E-state index contributed by atoms with van der Waals surface area (Å²) in [6.45, 7) is 3.67. The molecule has 0 spiro atoms. The van der Waals surface area contributed by atoms with Crippen LogP contribution in [0.15, 0.2) is 39.6 Å². The van der Waals surface area contributed by atoms with Gasteiger partial charge in [-0.2, -0.15) is 0 Å². The van der Waals surface area contributed by atoms with Crippen LogP contribution in [0.3, 0.4) is 0 Å². The average molecular weight is 350 g/mol. The van der Waals surface area contributed by atoms with E-state index in [2.05, 4.69) is 10.5 Å². The summed E-state index contributed by atoms with van der Waals surface area (Å²) in [7, 11) is 0. The zero-order valence-electron chi connectivity index (χ0n) is 14.0. The SMILES string of the molecule is Cc1noc(C)c1-c1ccc(-n2c(N)c3c(cc2=O)C(=O)NC3=O)cc1. The van der Waals surface area contributed by atoms with E-state index in [9.17, 15) is 14.4 Å². The number of pyridine rings is 1. The first-order chi connectivity index (χ1) is 12.4. The first-order valence-electron chi connectivity index (χ1n) is 7.83. The lowest BCUT2D eigenvalue weighted by Crippen LogP contribution is -2.24. The Morgan fingerprint density at radius 1 is 1.04 bits per heavy atom. The van der Waals surface area contributed by atoms with E-state index in [-0.39, 0.29) is 16.9 Å². The van der Waals surface area contributed by atoms with E-state index >= 15 is 0 Å². The van der Waals surface area contributed by atoms with Crippen molar-refractivity contribution < 1.29 is 14.1 Å². The first kappa shape index (κ1) is 15.8. The van der Waals surface area contributed by atoms with Crippen molar-refractivity contribution in [2.75, 3.05) is 5.73 Å². The normalized spacial score (nSPS) is 13.0. The summed E-state index contributed by atoms with van der Waals surface area (Å²) < 4.78 is 6.38. The predicted molar refractivity (Wildman–Crippen MR) is 93.2 cm³/mol. The Balaban J connectivity index is 1.85. The number of nitrogen functional groups attached to an aromatic ring is 1. The second kappa shape index (κ2) is 5.41. The number of fused-ring (bicyclic) bond motifs is 1. The zero-order valence-corrected chi connectivity index (χ0v) is 14.0. The molecule has 26 heavy (non-hydrogen) atoms. The van der Waals surface area contributed by atoms with Crippen molar-refractivity contribution >= 4 is 17.6 Å². The minimum absolute atomic E-state index is 0.00101. The molecule has 130 valence electrons. The molecule has 3 aromatic rings. The van der Waals surface area contributed by atoms with Crippen LogP contribution in [0.4, 0.5) is 5.82 Å². The van der Waals surface area contributed by atoms with E-state index in [0.29, 0.717) is 11.4 Å². The van der Waals surface area contributed by atoms with Gasteiger partial charge < -0.3 is 10.3 Å². The van der Waals surface area contributed by atoms with Crippen molar-refractivity contribution in [2.24, 2.45) is 0 Å². The number of nitrogens with one attached hydrogen (secondary N) is 1. The Kier molecular flexibility index (Phi) is 3.30. The molecule has 1 aliphatic heterocycles. The van der Waals surface area contributed by atoms with Gasteiger partial charge in [-0.15, -0.1) is 0 Å². The molecule has 0 unspecified atom stereocenters. The molecule has 0 saturated heterocycles. The van der Waals surface area contributed by atoms with Crippen LogP contribution in [0.1, 0.15) is 32.2 Å². The van der Waals surface area contributed by atoms with Crippen molar-refractivity contribution in [3.8, 4) is 16.8 Å². The van der Waals surface area contributed by atoms with Crippen LogP contribution in [0.2, 0.25) is 0 Å². The Hall–Kier alpha value is -3.68. The fourth-order valence-corrected chi connectivity index (χ4v) is 3.22. The number of imide groups is 1. The van der Waals surface area contributed by atoms with Gasteiger partial charge in [-0.25, -0.2) is 0 Å². The summed E-state index contributed by atoms with van der Waals surface area (Å²) in [4.78, 5) is 36.1. The van der Waals surface area contributed by atoms with Gasteiger partial charge in [0.05, 0.1) is 22.5 Å². The number of anilines is 1. The van der Waals surface area contributed by atoms with Crippen molar-refractivity contribution in [3.05, 3.63) is 63.3 Å². The Morgan fingerprint density at radius 3 is 2.35 bits per heavy atom. The standard InChI is InChI=1S/C18H14N4O4/c1-8-14(9(2)26-21-8)10-3-5-11(6-4-10)22-13(23)7-12-15(16(22)19)18(25)20-17(12)24/h3-7H,19H2,1-2H3,(H,20,24,25). The molecule has 0 saturated carbocycles. The molecule has 2 aromatic heterocycles. The highest BCUT2D eigenvalue weighted by atomic mass is 16.5. The molecule has 0 aliphatic carbocycles. The molecule has 4 rings (SSSR count). The van der Waals surface area contributed by atoms with Gasteiger partial charge in [0.2, 0.25) is 0 Å². The maximum Gasteiger partial charge on any atom is 0.262 e. The zero-order chi connectivity index (χ0) is 18.6. The molecule has 2 amide bonds. The molecule has 0 atom stereocenters. The summed E-state index contributed by atoms with van der Waals surface area (Å²) in [5.74, 6) is -0.598. The molecule has 8 heteroatoms. The second-order valence-electron chi connectivity index (χ2n) is 6.02. The number of nitrogens with zero attached hydrogens (tertiary/aromatic N) is 2. The molecule has 1 aliphatic rings. The van der Waals surface area contributed by atoms with E-state index in [4.69, 9.17) is 10.3 Å². The maximum atomic E-state index is 12.4. The highest BCUT2D eigenvalue weighted by molar-refractivity contribution is 6.23. The third-order valence-electron chi connectivity index (χ3n) is 4.40. The number of carbonyl (C=O) groups excluding carboxylic acids is 2. The van der Waals surface area contributed by atoms with E-state index in [1.165, 1.54) is 4.57 Å². The van der Waals surface area contributed by atoms with Crippen molar-refractivity contribution in [3.63, 3.8) is 0 Å². The van der Waals surface area contributed by atoms with E-state index in [1.54, 1.807) is 12.1 Å². The quantitative estimate of drug-likeness (QED) is 0.677. The minimum atomic E-state index is -0.616. The lowest BCUT2D eigenvalue weighted by molar-refractivity contribution is 0.0880. The number of rotatable bonds is 2. The van der Waals surface area contributed by atoms with Crippen molar-refractivity contribution in [1.82, 2.24) is 15.0 Å². The van der Waals surface area contributed by atoms with Gasteiger partial charge in [0, 0.05) is 11.6 Å². The molecule has 8 nitrogen and oxygen atoms in total. The Labute approximate surface area is 147 Å². The van der Waals surface area contributed by atoms with Crippen LogP contribution in [0.5, 0.6) is 0 Å². The number of nitrogens with two attached hydrogens (primary N) is 1. The lowest BCUT2D eigenvalue weighted by Gasteiger charge is -2.12. The van der Waals surface area contributed by atoms with Crippen molar-refractivity contribution in [2.45, 2.75) is 13.8 Å². The fraction of sp³-hybridized carbons (Fsp3) is 0.111. The van der Waals surface area contributed by atoms with Gasteiger partial charge in [-0.3, -0.25) is 24.3 Å². The van der Waals surface area contributed by atoms with E-state index < -0.39 is 17.4 Å². The molecular weight excluding hydrogens is 336 g/mol. The topological polar surface area (TPSA) is 120 Å². The van der Waals surface area contributed by atoms with Gasteiger partial charge in [0.25, 0.3) is 17.4 Å². The number of carbonyl (C=O) groups is 2. The number of aromatic nitrogens is 2. The molecule has 3 N–H and O–H groups in total. The highest BCUT2D eigenvalue weighted by Crippen LogP contribution is 2.28. The van der Waals surface area contributed by atoms with Crippen molar-refractivity contribution in [1.29, 1.82) is 0 Å². The molecular formula is C18H14N4O4. The summed E-state index contributed by atoms with van der Waals surface area (Å²) in [6, 6.07) is 8.16. The van der Waals surface area contributed by atoms with Gasteiger partial charge >= 0.3 is 0 Å². The first-order valence-corrected chi connectivity index (χ1v) is 7.83. The summed E-state index contributed by atoms with van der Waals surface area (Å²) in [5.41, 5.74) is 8.57. The van der Waals surface area contributed by atoms with Crippen LogP contribution in [-0.4, -0.2) is 21.5 Å². The minimum Gasteiger partial charge on any atom is -0.384 e. The van der Waals surface area contributed by atoms with E-state index in [1.807, 2.05) is 26.0 Å². The monoisotopic (exact) mass is 350 g/mol. The maximum absolute atomic E-state index is 12.4. The molecule has 1 aromatic carbocycles. The number of benzene rings is 1. The number of amides is 2. The van der Waals surface area contributed by atoms with Gasteiger partial charge in [-0.1, -0.05) is 17.3 Å². The van der Waals surface area contributed by atoms with Crippen LogP contribution < -0.4 is 16.6 Å². The summed E-state index contributed by atoms with van der Waals surface area (Å²) in [6.07, 6.45) is 0. The molecule has 3 heterocycles. The number of hydrogen-bond donors (Lipinski definition) is 2. The number of hydrogen-bond acceptors (Lipinski definition) is 6. The second-order valence-corrected chi connectivity index (χ2v) is 6.02. The van der Waals surface area contributed by atoms with Gasteiger partial charge in [0.15, 0.2) is 0 Å². The largest absolute Gasteiger partial charge is 0.384 e. The molecule has 0 radical (unpaired) electrons. The molecule has 0 bridgehead atoms. The smallest absolute Gasteiger partial charge is 0.262 e. The van der Waals surface area contributed by atoms with Crippen LogP contribution in [-0.2, 0) is 0 Å². The Bertz CT molecular complexity index is 1120. The molecule has 0 fully saturated rings. The highest BCUT2D eigenvalue weighted by Gasteiger charge is 2.31. The van der Waals surface area contributed by atoms with Gasteiger partial charge in [0.1, 0.15) is 11.6 Å². The van der Waals surface area contributed by atoms with Crippen LogP contribution >= 0.6 is 0 Å². The third kappa shape index (κ3) is 2.16.